The van der Waals surface area contributed by atoms with Crippen LogP contribution in [0.2, 0.25) is 0 Å². The van der Waals surface area contributed by atoms with Crippen LogP contribution in [0.5, 0.6) is 0 Å². The molecule has 2 aromatic carbocycles. The molecule has 0 fully saturated rings. The molecule has 0 N–H and O–H groups in total. The number of hydrogen-bond donors (Lipinski definition) is 0. The minimum Gasteiger partial charge on any atom is -0.386 e. The van der Waals surface area contributed by atoms with Gasteiger partial charge in [0.2, 0.25) is 0 Å². The van der Waals surface area contributed by atoms with E-state index in [0.29, 0.717) is 5.56 Å². The number of allylic oxidation sites excluding steroid dienone is 1. The molecule has 0 bridgehead atoms. The van der Waals surface area contributed by atoms with Gasteiger partial charge in [-0.3, -0.25) is 0 Å². The number of hydrogen-bond acceptors (Lipinski definition) is 6. The molecule has 6 heteroatoms. The highest BCUT2D eigenvalue weighted by molar-refractivity contribution is 6.30. The molecule has 0 saturated carbocycles. The SMILES string of the molecule is C/C=C\c1cc2c3c(ccc4c3c1C(=O)OC4=O)C(=O)OC2=O. The molecule has 0 unspecified atom stereocenters. The highest BCUT2D eigenvalue weighted by atomic mass is 16.6. The van der Waals surface area contributed by atoms with Crippen molar-refractivity contribution in [3.05, 3.63) is 52.1 Å². The molecule has 0 atom stereocenters. The second-order valence-electron chi connectivity index (χ2n) is 5.15. The predicted molar refractivity (Wildman–Crippen MR) is 78.1 cm³/mol. The average Bonchev–Trinajstić information content (AvgIpc) is 2.51. The summed E-state index contributed by atoms with van der Waals surface area (Å²) < 4.78 is 9.48. The minimum atomic E-state index is -0.802. The van der Waals surface area contributed by atoms with Crippen LogP contribution in [0.25, 0.3) is 16.8 Å². The van der Waals surface area contributed by atoms with Crippen molar-refractivity contribution in [1.82, 2.24) is 0 Å². The lowest BCUT2D eigenvalue weighted by molar-refractivity contribution is 0.0365. The second-order valence-corrected chi connectivity index (χ2v) is 5.15. The number of ether oxygens (including phenoxy) is 2. The van der Waals surface area contributed by atoms with E-state index in [1.807, 2.05) is 0 Å². The number of carbonyl (C=O) groups excluding carboxylic acids is 4. The van der Waals surface area contributed by atoms with Crippen molar-refractivity contribution in [1.29, 1.82) is 0 Å². The summed E-state index contributed by atoms with van der Waals surface area (Å²) in [6, 6.07) is 4.26. The van der Waals surface area contributed by atoms with E-state index in [4.69, 9.17) is 9.47 Å². The van der Waals surface area contributed by atoms with Crippen LogP contribution in [0.3, 0.4) is 0 Å². The van der Waals surface area contributed by atoms with Gasteiger partial charge in [0.15, 0.2) is 0 Å². The summed E-state index contributed by atoms with van der Waals surface area (Å²) in [5, 5.41) is 0.524. The van der Waals surface area contributed by atoms with Gasteiger partial charge in [-0.05, 0) is 30.7 Å². The van der Waals surface area contributed by atoms with Gasteiger partial charge in [-0.25, -0.2) is 19.2 Å². The summed E-state index contributed by atoms with van der Waals surface area (Å²) in [4.78, 5) is 48.2. The van der Waals surface area contributed by atoms with E-state index in [0.717, 1.165) is 0 Å². The molecule has 2 aromatic rings. The Labute approximate surface area is 129 Å². The maximum Gasteiger partial charge on any atom is 0.347 e. The van der Waals surface area contributed by atoms with Crippen LogP contribution in [0.4, 0.5) is 0 Å². The first kappa shape index (κ1) is 13.4. The Hall–Kier alpha value is -3.28. The average molecular weight is 308 g/mol. The molecular weight excluding hydrogens is 300 g/mol. The predicted octanol–water partition coefficient (Wildman–Crippen LogP) is 2.49. The second kappa shape index (κ2) is 4.36. The Kier molecular flexibility index (Phi) is 2.54. The van der Waals surface area contributed by atoms with Crippen molar-refractivity contribution in [2.75, 3.05) is 0 Å². The highest BCUT2D eigenvalue weighted by Gasteiger charge is 2.36. The van der Waals surface area contributed by atoms with E-state index in [-0.39, 0.29) is 33.0 Å². The van der Waals surface area contributed by atoms with Crippen molar-refractivity contribution in [2.24, 2.45) is 0 Å². The number of cyclic esters (lactones) is 4. The standard InChI is InChI=1S/C17H8O6/c1-2-3-7-6-10-12-8(14(18)22-16(10)20)4-5-9-13(12)11(7)17(21)23-15(9)19/h2-6H,1H3/b3-2-. The molecule has 0 amide bonds. The fraction of sp³-hybridized carbons (Fsp3) is 0.0588. The molecule has 112 valence electrons. The van der Waals surface area contributed by atoms with Gasteiger partial charge in [0, 0.05) is 10.8 Å². The normalized spacial score (nSPS) is 16.0. The molecular formula is C17H8O6. The van der Waals surface area contributed by atoms with Gasteiger partial charge in [-0.2, -0.15) is 0 Å². The zero-order valence-corrected chi connectivity index (χ0v) is 11.8. The van der Waals surface area contributed by atoms with Crippen LogP contribution in [0, 0.1) is 0 Å². The first-order valence-corrected chi connectivity index (χ1v) is 6.82. The van der Waals surface area contributed by atoms with E-state index < -0.39 is 23.9 Å². The van der Waals surface area contributed by atoms with E-state index in [9.17, 15) is 19.2 Å². The Bertz CT molecular complexity index is 996. The van der Waals surface area contributed by atoms with Gasteiger partial charge < -0.3 is 9.47 Å². The third-order valence-corrected chi connectivity index (χ3v) is 3.89. The van der Waals surface area contributed by atoms with Crippen LogP contribution in [0.1, 0.15) is 53.9 Å². The molecule has 2 heterocycles. The molecule has 23 heavy (non-hydrogen) atoms. The third kappa shape index (κ3) is 1.63. The summed E-state index contributed by atoms with van der Waals surface area (Å²) in [5.74, 6) is -3.21. The van der Waals surface area contributed by atoms with Crippen LogP contribution < -0.4 is 0 Å². The van der Waals surface area contributed by atoms with Crippen LogP contribution in [-0.4, -0.2) is 23.9 Å². The molecule has 6 nitrogen and oxygen atoms in total. The first-order chi connectivity index (χ1) is 11.0. The molecule has 2 aliphatic heterocycles. The fourth-order valence-corrected chi connectivity index (χ4v) is 3.00. The molecule has 0 aromatic heterocycles. The first-order valence-electron chi connectivity index (χ1n) is 6.82. The number of carbonyl (C=O) groups is 4. The summed E-state index contributed by atoms with van der Waals surface area (Å²) in [5.41, 5.74) is 1.04. The zero-order valence-electron chi connectivity index (χ0n) is 11.8. The summed E-state index contributed by atoms with van der Waals surface area (Å²) in [6.45, 7) is 1.75. The van der Waals surface area contributed by atoms with Gasteiger partial charge >= 0.3 is 23.9 Å². The lowest BCUT2D eigenvalue weighted by atomic mass is 9.86. The molecule has 0 aliphatic carbocycles. The van der Waals surface area contributed by atoms with Crippen molar-refractivity contribution in [2.45, 2.75) is 6.92 Å². The smallest absolute Gasteiger partial charge is 0.347 e. The molecule has 0 saturated heterocycles. The number of rotatable bonds is 1. The van der Waals surface area contributed by atoms with Crippen LogP contribution in [0.15, 0.2) is 24.3 Å². The van der Waals surface area contributed by atoms with E-state index in [2.05, 4.69) is 0 Å². The summed E-state index contributed by atoms with van der Waals surface area (Å²) >= 11 is 0. The Morgan fingerprint density at radius 2 is 1.35 bits per heavy atom. The Balaban J connectivity index is 2.30. The monoisotopic (exact) mass is 308 g/mol. The Morgan fingerprint density at radius 1 is 0.783 bits per heavy atom. The van der Waals surface area contributed by atoms with Crippen molar-refractivity contribution in [3.8, 4) is 0 Å². The van der Waals surface area contributed by atoms with E-state index in [1.165, 1.54) is 18.2 Å². The van der Waals surface area contributed by atoms with Gasteiger partial charge in [0.05, 0.1) is 22.3 Å². The van der Waals surface area contributed by atoms with Crippen molar-refractivity contribution < 1.29 is 28.7 Å². The molecule has 0 radical (unpaired) electrons. The largest absolute Gasteiger partial charge is 0.386 e. The van der Waals surface area contributed by atoms with E-state index in [1.54, 1.807) is 19.1 Å². The topological polar surface area (TPSA) is 86.7 Å². The molecule has 0 spiro atoms. The van der Waals surface area contributed by atoms with Gasteiger partial charge in [0.1, 0.15) is 0 Å². The van der Waals surface area contributed by atoms with Gasteiger partial charge in [-0.1, -0.05) is 12.2 Å². The van der Waals surface area contributed by atoms with Crippen molar-refractivity contribution in [3.63, 3.8) is 0 Å². The molecule has 2 aliphatic rings. The summed E-state index contributed by atoms with van der Waals surface area (Å²) in [7, 11) is 0. The summed E-state index contributed by atoms with van der Waals surface area (Å²) in [6.07, 6.45) is 3.32. The minimum absolute atomic E-state index is 0.147. The lowest BCUT2D eigenvalue weighted by Gasteiger charge is -2.23. The van der Waals surface area contributed by atoms with Crippen LogP contribution in [-0.2, 0) is 9.47 Å². The number of benzene rings is 2. The lowest BCUT2D eigenvalue weighted by Crippen LogP contribution is -2.26. The molecule has 4 rings (SSSR count). The van der Waals surface area contributed by atoms with Gasteiger partial charge in [0.25, 0.3) is 0 Å². The van der Waals surface area contributed by atoms with Crippen molar-refractivity contribution >= 4 is 40.7 Å². The van der Waals surface area contributed by atoms with Crippen LogP contribution >= 0.6 is 0 Å². The Morgan fingerprint density at radius 3 is 2.00 bits per heavy atom. The fourth-order valence-electron chi connectivity index (χ4n) is 3.00. The van der Waals surface area contributed by atoms with Gasteiger partial charge in [-0.15, -0.1) is 0 Å². The quantitative estimate of drug-likeness (QED) is 0.594. The zero-order chi connectivity index (χ0) is 16.3. The highest BCUT2D eigenvalue weighted by Crippen LogP contribution is 2.38. The number of esters is 4. The maximum absolute atomic E-state index is 12.2. The third-order valence-electron chi connectivity index (χ3n) is 3.89. The van der Waals surface area contributed by atoms with E-state index >= 15 is 0 Å². The maximum atomic E-state index is 12.2.